The molecule has 1 aromatic carbocycles. The van der Waals surface area contributed by atoms with Crippen LogP contribution in [0.1, 0.15) is 48.5 Å². The van der Waals surface area contributed by atoms with E-state index in [1.807, 2.05) is 11.8 Å². The second-order valence-electron chi connectivity index (χ2n) is 6.87. The van der Waals surface area contributed by atoms with Crippen molar-refractivity contribution in [1.82, 2.24) is 9.62 Å². The smallest absolute Gasteiger partial charge is 0.254 e. The first-order valence-corrected chi connectivity index (χ1v) is 9.77. The highest BCUT2D eigenvalue weighted by Gasteiger charge is 2.29. The second kappa shape index (κ2) is 6.24. The molecule has 0 bridgehead atoms. The Morgan fingerprint density at radius 3 is 2.65 bits per heavy atom. The number of hydrogen-bond acceptors (Lipinski definition) is 3. The zero-order chi connectivity index (χ0) is 16.6. The van der Waals surface area contributed by atoms with Gasteiger partial charge in [-0.15, -0.1) is 0 Å². The van der Waals surface area contributed by atoms with Gasteiger partial charge in [0, 0.05) is 24.7 Å². The van der Waals surface area contributed by atoms with E-state index in [9.17, 15) is 13.2 Å². The summed E-state index contributed by atoms with van der Waals surface area (Å²) in [7, 11) is -3.53. The van der Waals surface area contributed by atoms with Gasteiger partial charge in [0.15, 0.2) is 0 Å². The molecule has 6 heteroatoms. The summed E-state index contributed by atoms with van der Waals surface area (Å²) in [6, 6.07) is 4.89. The summed E-state index contributed by atoms with van der Waals surface area (Å²) in [6.45, 7) is 5.49. The maximum Gasteiger partial charge on any atom is 0.254 e. The van der Waals surface area contributed by atoms with E-state index < -0.39 is 10.0 Å². The molecule has 1 heterocycles. The summed E-state index contributed by atoms with van der Waals surface area (Å²) in [5, 5.41) is 0. The fourth-order valence-corrected chi connectivity index (χ4v) is 4.36. The topological polar surface area (TPSA) is 66.5 Å². The maximum atomic E-state index is 12.8. The van der Waals surface area contributed by atoms with Crippen LogP contribution in [0.5, 0.6) is 0 Å². The van der Waals surface area contributed by atoms with Crippen LogP contribution in [0.4, 0.5) is 0 Å². The Hall–Kier alpha value is -1.40. The fraction of sp³-hybridized carbons (Fsp3) is 0.588. The van der Waals surface area contributed by atoms with Gasteiger partial charge in [-0.3, -0.25) is 4.79 Å². The number of amides is 1. The molecule has 2 aliphatic rings. The molecule has 23 heavy (non-hydrogen) atoms. The van der Waals surface area contributed by atoms with Crippen molar-refractivity contribution in [3.8, 4) is 0 Å². The SMILES string of the molecule is Cc1ccc(S(=O)(=O)NC2CC2)cc1C(=O)N1CCCC(C)C1. The fourth-order valence-electron chi connectivity index (χ4n) is 3.03. The van der Waals surface area contributed by atoms with Crippen molar-refractivity contribution in [2.75, 3.05) is 13.1 Å². The summed E-state index contributed by atoms with van der Waals surface area (Å²) in [4.78, 5) is 14.8. The lowest BCUT2D eigenvalue weighted by molar-refractivity contribution is 0.0682. The van der Waals surface area contributed by atoms with Crippen molar-refractivity contribution in [3.63, 3.8) is 0 Å². The molecule has 1 amide bonds. The number of rotatable bonds is 4. The monoisotopic (exact) mass is 336 g/mol. The Morgan fingerprint density at radius 1 is 1.26 bits per heavy atom. The Kier molecular flexibility index (Phi) is 4.47. The third-order valence-corrected chi connectivity index (χ3v) is 6.11. The van der Waals surface area contributed by atoms with Gasteiger partial charge in [-0.2, -0.15) is 0 Å². The maximum absolute atomic E-state index is 12.8. The first-order chi connectivity index (χ1) is 10.9. The number of nitrogens with one attached hydrogen (secondary N) is 1. The van der Waals surface area contributed by atoms with Gasteiger partial charge in [-0.05, 0) is 56.2 Å². The van der Waals surface area contributed by atoms with Crippen molar-refractivity contribution < 1.29 is 13.2 Å². The van der Waals surface area contributed by atoms with Crippen LogP contribution >= 0.6 is 0 Å². The summed E-state index contributed by atoms with van der Waals surface area (Å²) in [5.41, 5.74) is 1.32. The first-order valence-electron chi connectivity index (χ1n) is 8.29. The molecule has 1 unspecified atom stereocenters. The molecule has 1 atom stereocenters. The Labute approximate surface area is 138 Å². The Morgan fingerprint density at radius 2 is 2.00 bits per heavy atom. The van der Waals surface area contributed by atoms with Crippen molar-refractivity contribution in [3.05, 3.63) is 29.3 Å². The van der Waals surface area contributed by atoms with Crippen molar-refractivity contribution in [2.24, 2.45) is 5.92 Å². The van der Waals surface area contributed by atoms with Crippen LogP contribution in [0.3, 0.4) is 0 Å². The molecule has 0 spiro atoms. The van der Waals surface area contributed by atoms with E-state index in [1.54, 1.807) is 12.1 Å². The first kappa shape index (κ1) is 16.5. The van der Waals surface area contributed by atoms with E-state index >= 15 is 0 Å². The minimum absolute atomic E-state index is 0.0579. The van der Waals surface area contributed by atoms with Crippen molar-refractivity contribution in [2.45, 2.75) is 50.5 Å². The number of nitrogens with zero attached hydrogens (tertiary/aromatic N) is 1. The van der Waals surface area contributed by atoms with E-state index in [0.717, 1.165) is 44.3 Å². The third-order valence-electron chi connectivity index (χ3n) is 4.59. The highest BCUT2D eigenvalue weighted by atomic mass is 32.2. The molecule has 2 fully saturated rings. The van der Waals surface area contributed by atoms with Crippen molar-refractivity contribution >= 4 is 15.9 Å². The molecule has 1 aromatic rings. The summed E-state index contributed by atoms with van der Waals surface area (Å²) >= 11 is 0. The number of carbonyl (C=O) groups excluding carboxylic acids is 1. The van der Waals surface area contributed by atoms with Crippen LogP contribution in [0.2, 0.25) is 0 Å². The summed E-state index contributed by atoms with van der Waals surface area (Å²) in [6.07, 6.45) is 3.93. The standard InChI is InChI=1S/C17H24N2O3S/c1-12-4-3-9-19(11-12)17(20)16-10-15(8-5-13(16)2)23(21,22)18-14-6-7-14/h5,8,10,12,14,18H,3-4,6-7,9,11H2,1-2H3. The normalized spacial score (nSPS) is 22.2. The molecule has 1 N–H and O–H groups in total. The number of likely N-dealkylation sites (tertiary alicyclic amines) is 1. The highest BCUT2D eigenvalue weighted by Crippen LogP contribution is 2.24. The van der Waals surface area contributed by atoms with Crippen molar-refractivity contribution in [1.29, 1.82) is 0 Å². The van der Waals surface area contributed by atoms with Gasteiger partial charge < -0.3 is 4.90 Å². The van der Waals surface area contributed by atoms with E-state index in [1.165, 1.54) is 6.07 Å². The molecule has 1 aliphatic carbocycles. The molecular weight excluding hydrogens is 312 g/mol. The van der Waals surface area contributed by atoms with Gasteiger partial charge in [0.1, 0.15) is 0 Å². The molecule has 5 nitrogen and oxygen atoms in total. The van der Waals surface area contributed by atoms with E-state index in [0.29, 0.717) is 11.5 Å². The van der Waals surface area contributed by atoms with Gasteiger partial charge >= 0.3 is 0 Å². The molecular formula is C17H24N2O3S. The number of piperidine rings is 1. The number of hydrogen-bond donors (Lipinski definition) is 1. The van der Waals surface area contributed by atoms with Crippen LogP contribution in [0.15, 0.2) is 23.1 Å². The van der Waals surface area contributed by atoms with Crippen LogP contribution in [0, 0.1) is 12.8 Å². The van der Waals surface area contributed by atoms with Gasteiger partial charge in [0.25, 0.3) is 5.91 Å². The molecule has 126 valence electrons. The molecule has 1 saturated carbocycles. The van der Waals surface area contributed by atoms with Gasteiger partial charge in [-0.25, -0.2) is 13.1 Å². The number of aryl methyl sites for hydroxylation is 1. The molecule has 1 saturated heterocycles. The van der Waals surface area contributed by atoms with E-state index in [2.05, 4.69) is 11.6 Å². The predicted octanol–water partition coefficient (Wildman–Crippen LogP) is 2.31. The average Bonchev–Trinajstić information content (AvgIpc) is 3.30. The Bertz CT molecular complexity index is 711. The largest absolute Gasteiger partial charge is 0.338 e. The van der Waals surface area contributed by atoms with E-state index in [-0.39, 0.29) is 16.8 Å². The molecule has 3 rings (SSSR count). The molecule has 1 aliphatic heterocycles. The zero-order valence-corrected chi connectivity index (χ0v) is 14.5. The van der Waals surface area contributed by atoms with Gasteiger partial charge in [0.05, 0.1) is 4.90 Å². The summed E-state index contributed by atoms with van der Waals surface area (Å²) in [5.74, 6) is 0.439. The predicted molar refractivity (Wildman–Crippen MR) is 88.8 cm³/mol. The lowest BCUT2D eigenvalue weighted by Crippen LogP contribution is -2.39. The average molecular weight is 336 g/mol. The van der Waals surface area contributed by atoms with Crippen LogP contribution < -0.4 is 4.72 Å². The summed E-state index contributed by atoms with van der Waals surface area (Å²) < 4.78 is 27.4. The number of benzene rings is 1. The van der Waals surface area contributed by atoms with Gasteiger partial charge in [0.2, 0.25) is 10.0 Å². The second-order valence-corrected chi connectivity index (χ2v) is 8.58. The third kappa shape index (κ3) is 3.75. The lowest BCUT2D eigenvalue weighted by atomic mass is 9.99. The van der Waals surface area contributed by atoms with Crippen LogP contribution in [0.25, 0.3) is 0 Å². The van der Waals surface area contributed by atoms with Gasteiger partial charge in [-0.1, -0.05) is 13.0 Å². The lowest BCUT2D eigenvalue weighted by Gasteiger charge is -2.31. The van der Waals surface area contributed by atoms with E-state index in [4.69, 9.17) is 0 Å². The highest BCUT2D eigenvalue weighted by molar-refractivity contribution is 7.89. The van der Waals surface area contributed by atoms with Crippen LogP contribution in [-0.2, 0) is 10.0 Å². The minimum Gasteiger partial charge on any atom is -0.338 e. The zero-order valence-electron chi connectivity index (χ0n) is 13.7. The molecule has 0 aromatic heterocycles. The quantitative estimate of drug-likeness (QED) is 0.917. The number of sulfonamides is 1. The minimum atomic E-state index is -3.53. The number of carbonyl (C=O) groups is 1. The molecule has 0 radical (unpaired) electrons. The van der Waals surface area contributed by atoms with Crippen LogP contribution in [-0.4, -0.2) is 38.4 Å². The Balaban J connectivity index is 1.86.